The Morgan fingerprint density at radius 1 is 1.17 bits per heavy atom. The fraction of sp³-hybridized carbons (Fsp3) is 0.458. The van der Waals surface area contributed by atoms with Gasteiger partial charge in [0.25, 0.3) is 11.5 Å². The van der Waals surface area contributed by atoms with Crippen LogP contribution in [0.1, 0.15) is 59.8 Å². The van der Waals surface area contributed by atoms with E-state index in [1.54, 1.807) is 10.6 Å². The summed E-state index contributed by atoms with van der Waals surface area (Å²) in [5.41, 5.74) is 2.86. The summed E-state index contributed by atoms with van der Waals surface area (Å²) in [6.07, 6.45) is 6.01. The molecule has 1 N–H and O–H groups in total. The summed E-state index contributed by atoms with van der Waals surface area (Å²) in [5, 5.41) is 2.74. The third-order valence-corrected chi connectivity index (χ3v) is 5.65. The average molecular weight is 411 g/mol. The summed E-state index contributed by atoms with van der Waals surface area (Å²) >= 11 is 0. The number of nitrogens with one attached hydrogen (secondary N) is 1. The van der Waals surface area contributed by atoms with Crippen molar-refractivity contribution in [2.75, 3.05) is 7.11 Å². The fourth-order valence-electron chi connectivity index (χ4n) is 4.02. The van der Waals surface area contributed by atoms with Crippen LogP contribution in [0.4, 0.5) is 0 Å². The number of carbonyl (C=O) groups is 2. The Morgan fingerprint density at radius 3 is 2.60 bits per heavy atom. The number of hydrogen-bond donors (Lipinski definition) is 1. The van der Waals surface area contributed by atoms with Gasteiger partial charge in [0, 0.05) is 18.7 Å². The molecule has 0 spiro atoms. The lowest BCUT2D eigenvalue weighted by Crippen LogP contribution is -2.45. The molecule has 6 heteroatoms. The fourth-order valence-corrected chi connectivity index (χ4v) is 4.02. The molecule has 1 aromatic carbocycles. The van der Waals surface area contributed by atoms with Crippen molar-refractivity contribution in [3.05, 3.63) is 69.1 Å². The molecular formula is C24H30N2O4. The lowest BCUT2D eigenvalue weighted by atomic mass is 9.94. The van der Waals surface area contributed by atoms with Crippen molar-refractivity contribution in [3.8, 4) is 0 Å². The number of ether oxygens (including phenoxy) is 1. The van der Waals surface area contributed by atoms with Crippen LogP contribution >= 0.6 is 0 Å². The van der Waals surface area contributed by atoms with Crippen LogP contribution in [-0.2, 0) is 35.3 Å². The first-order valence-electron chi connectivity index (χ1n) is 10.7. The van der Waals surface area contributed by atoms with Gasteiger partial charge in [-0.2, -0.15) is 0 Å². The van der Waals surface area contributed by atoms with Crippen LogP contribution < -0.4 is 10.9 Å². The number of fused-ring (bicyclic) bond motifs is 1. The molecule has 0 saturated heterocycles. The third-order valence-electron chi connectivity index (χ3n) is 5.65. The van der Waals surface area contributed by atoms with Gasteiger partial charge in [-0.05, 0) is 49.3 Å². The number of benzene rings is 1. The predicted molar refractivity (Wildman–Crippen MR) is 116 cm³/mol. The molecule has 30 heavy (non-hydrogen) atoms. The van der Waals surface area contributed by atoms with E-state index in [1.165, 1.54) is 7.11 Å². The van der Waals surface area contributed by atoms with Crippen molar-refractivity contribution in [3.63, 3.8) is 0 Å². The van der Waals surface area contributed by atoms with Gasteiger partial charge in [-0.25, -0.2) is 4.79 Å². The molecule has 0 saturated carbocycles. The first-order valence-corrected chi connectivity index (χ1v) is 10.7. The Bertz CT molecular complexity index is 950. The molecular weight excluding hydrogens is 380 g/mol. The first-order chi connectivity index (χ1) is 14.5. The van der Waals surface area contributed by atoms with E-state index in [2.05, 4.69) is 12.2 Å². The standard InChI is InChI=1S/C24H30N2O4/c1-3-4-14-26-21-13-9-8-12-18(21)16-19(23(26)28)22(27)25-20(24(29)30-2)15-17-10-6-5-7-11-17/h5-7,10-11,16,20H,3-4,8-9,12-15H2,1-2H3,(H,25,27)/t20-/m0/s1. The summed E-state index contributed by atoms with van der Waals surface area (Å²) < 4.78 is 6.66. The van der Waals surface area contributed by atoms with Crippen molar-refractivity contribution >= 4 is 11.9 Å². The second-order valence-electron chi connectivity index (χ2n) is 7.79. The highest BCUT2D eigenvalue weighted by atomic mass is 16.5. The summed E-state index contributed by atoms with van der Waals surface area (Å²) in [6.45, 7) is 2.70. The Hall–Kier alpha value is -2.89. The quantitative estimate of drug-likeness (QED) is 0.679. The van der Waals surface area contributed by atoms with Crippen LogP contribution in [0.5, 0.6) is 0 Å². The zero-order chi connectivity index (χ0) is 21.5. The van der Waals surface area contributed by atoms with Crippen LogP contribution in [0.3, 0.4) is 0 Å². The largest absolute Gasteiger partial charge is 0.467 e. The van der Waals surface area contributed by atoms with E-state index in [4.69, 9.17) is 4.74 Å². The molecule has 2 aromatic rings. The molecule has 1 atom stereocenters. The van der Waals surface area contributed by atoms with Gasteiger partial charge in [0.05, 0.1) is 7.11 Å². The molecule has 0 bridgehead atoms. The summed E-state index contributed by atoms with van der Waals surface area (Å²) in [7, 11) is 1.29. The van der Waals surface area contributed by atoms with Gasteiger partial charge < -0.3 is 14.6 Å². The van der Waals surface area contributed by atoms with Gasteiger partial charge in [-0.1, -0.05) is 43.7 Å². The van der Waals surface area contributed by atoms with Crippen molar-refractivity contribution in [1.82, 2.24) is 9.88 Å². The van der Waals surface area contributed by atoms with E-state index < -0.39 is 17.9 Å². The molecule has 0 aliphatic heterocycles. The number of methoxy groups -OCH3 is 1. The average Bonchev–Trinajstić information content (AvgIpc) is 2.77. The van der Waals surface area contributed by atoms with E-state index >= 15 is 0 Å². The molecule has 1 aromatic heterocycles. The van der Waals surface area contributed by atoms with Gasteiger partial charge in [0.1, 0.15) is 11.6 Å². The van der Waals surface area contributed by atoms with Gasteiger partial charge >= 0.3 is 5.97 Å². The van der Waals surface area contributed by atoms with E-state index in [9.17, 15) is 14.4 Å². The monoisotopic (exact) mass is 410 g/mol. The molecule has 0 unspecified atom stereocenters. The van der Waals surface area contributed by atoms with Crippen molar-refractivity contribution in [2.45, 2.75) is 64.5 Å². The van der Waals surface area contributed by atoms with Gasteiger partial charge in [0.2, 0.25) is 0 Å². The first kappa shape index (κ1) is 21.8. The number of pyridine rings is 1. The third kappa shape index (κ3) is 4.99. The van der Waals surface area contributed by atoms with E-state index in [1.807, 2.05) is 30.3 Å². The topological polar surface area (TPSA) is 77.4 Å². The van der Waals surface area contributed by atoms with Gasteiger partial charge in [-0.15, -0.1) is 0 Å². The summed E-state index contributed by atoms with van der Waals surface area (Å²) in [6, 6.07) is 10.3. The SMILES string of the molecule is CCCCn1c2c(cc(C(=O)N[C@@H](Cc3ccccc3)C(=O)OC)c1=O)CCCC2. The molecule has 3 rings (SSSR count). The minimum Gasteiger partial charge on any atom is -0.467 e. The highest BCUT2D eigenvalue weighted by molar-refractivity contribution is 5.96. The van der Waals surface area contributed by atoms with E-state index in [0.717, 1.165) is 55.3 Å². The molecule has 0 fully saturated rings. The highest BCUT2D eigenvalue weighted by Gasteiger charge is 2.26. The van der Waals surface area contributed by atoms with E-state index in [0.29, 0.717) is 13.0 Å². The van der Waals surface area contributed by atoms with Crippen molar-refractivity contribution in [1.29, 1.82) is 0 Å². The van der Waals surface area contributed by atoms with Crippen molar-refractivity contribution < 1.29 is 14.3 Å². The number of nitrogens with zero attached hydrogens (tertiary/aromatic N) is 1. The molecule has 0 radical (unpaired) electrons. The second kappa shape index (κ2) is 10.2. The molecule has 1 heterocycles. The Balaban J connectivity index is 1.90. The van der Waals surface area contributed by atoms with Crippen LogP contribution in [0.15, 0.2) is 41.2 Å². The molecule has 1 aliphatic rings. The maximum Gasteiger partial charge on any atom is 0.328 e. The van der Waals surface area contributed by atoms with Gasteiger partial charge in [-0.3, -0.25) is 9.59 Å². The smallest absolute Gasteiger partial charge is 0.328 e. The number of unbranched alkanes of at least 4 members (excludes halogenated alkanes) is 1. The van der Waals surface area contributed by atoms with Crippen LogP contribution in [-0.4, -0.2) is 29.6 Å². The molecule has 160 valence electrons. The normalized spacial score (nSPS) is 13.9. The number of rotatable bonds is 8. The number of carbonyl (C=O) groups excluding carboxylic acids is 2. The summed E-state index contributed by atoms with van der Waals surface area (Å²) in [4.78, 5) is 38.5. The number of esters is 1. The number of hydrogen-bond acceptors (Lipinski definition) is 4. The minimum absolute atomic E-state index is 0.105. The predicted octanol–water partition coefficient (Wildman–Crippen LogP) is 3.04. The van der Waals surface area contributed by atoms with Crippen molar-refractivity contribution in [2.24, 2.45) is 0 Å². The van der Waals surface area contributed by atoms with E-state index in [-0.39, 0.29) is 11.1 Å². The van der Waals surface area contributed by atoms with Crippen LogP contribution in [0.2, 0.25) is 0 Å². The molecule has 1 amide bonds. The highest BCUT2D eigenvalue weighted by Crippen LogP contribution is 2.21. The lowest BCUT2D eigenvalue weighted by Gasteiger charge is -2.23. The molecule has 6 nitrogen and oxygen atoms in total. The minimum atomic E-state index is -0.857. The Morgan fingerprint density at radius 2 is 1.90 bits per heavy atom. The zero-order valence-corrected chi connectivity index (χ0v) is 17.8. The second-order valence-corrected chi connectivity index (χ2v) is 7.79. The maximum absolute atomic E-state index is 13.2. The van der Waals surface area contributed by atoms with Gasteiger partial charge in [0.15, 0.2) is 0 Å². The van der Waals surface area contributed by atoms with Crippen LogP contribution in [0, 0.1) is 0 Å². The van der Waals surface area contributed by atoms with Crippen LogP contribution in [0.25, 0.3) is 0 Å². The number of aromatic nitrogens is 1. The number of aryl methyl sites for hydroxylation is 1. The Labute approximate surface area is 177 Å². The Kier molecular flexibility index (Phi) is 7.44. The molecule has 1 aliphatic carbocycles. The lowest BCUT2D eigenvalue weighted by molar-refractivity contribution is -0.142. The maximum atomic E-state index is 13.2. The summed E-state index contributed by atoms with van der Waals surface area (Å²) in [5.74, 6) is -1.05. The number of amides is 1. The zero-order valence-electron chi connectivity index (χ0n) is 17.8.